The summed E-state index contributed by atoms with van der Waals surface area (Å²) in [6.45, 7) is 37.9. The molecule has 198 valence electrons. The van der Waals surface area contributed by atoms with E-state index in [2.05, 4.69) is 112 Å². The van der Waals surface area contributed by atoms with Gasteiger partial charge in [0, 0.05) is 10.8 Å². The molecular weight excluding hydrogens is 456 g/mol. The van der Waals surface area contributed by atoms with Crippen molar-refractivity contribution in [2.45, 2.75) is 81.6 Å². The van der Waals surface area contributed by atoms with Gasteiger partial charge < -0.3 is 0 Å². The molecule has 0 bridgehead atoms. The Balaban J connectivity index is 1.85. The Labute approximate surface area is 232 Å². The van der Waals surface area contributed by atoms with E-state index < -0.39 is 0 Å². The zero-order valence-corrected chi connectivity index (χ0v) is 25.4. The van der Waals surface area contributed by atoms with Crippen molar-refractivity contribution in [1.82, 2.24) is 0 Å². The summed E-state index contributed by atoms with van der Waals surface area (Å²) in [5.74, 6) is 0.768. The molecule has 2 aromatic carbocycles. The monoisotopic (exact) mass is 502 g/mol. The zero-order valence-electron chi connectivity index (χ0n) is 25.4. The maximum absolute atomic E-state index is 4.88. The van der Waals surface area contributed by atoms with Crippen LogP contribution < -0.4 is 0 Å². The summed E-state index contributed by atoms with van der Waals surface area (Å²) < 4.78 is 0. The van der Waals surface area contributed by atoms with Crippen molar-refractivity contribution in [3.05, 3.63) is 112 Å². The molecule has 3 aliphatic rings. The Morgan fingerprint density at radius 3 is 2.08 bits per heavy atom. The third-order valence-corrected chi connectivity index (χ3v) is 11.8. The molecule has 0 aromatic heterocycles. The van der Waals surface area contributed by atoms with Crippen LogP contribution in [0.4, 0.5) is 0 Å². The third kappa shape index (κ3) is 3.04. The molecule has 5 atom stereocenters. The van der Waals surface area contributed by atoms with Gasteiger partial charge in [0.2, 0.25) is 0 Å². The molecule has 5 rings (SSSR count). The first-order valence-electron chi connectivity index (χ1n) is 14.3. The van der Waals surface area contributed by atoms with Gasteiger partial charge in [-0.2, -0.15) is 0 Å². The quantitative estimate of drug-likeness (QED) is 0.383. The molecule has 0 radical (unpaired) electrons. The van der Waals surface area contributed by atoms with E-state index in [1.807, 2.05) is 0 Å². The average Bonchev–Trinajstić information content (AvgIpc) is 2.85. The van der Waals surface area contributed by atoms with Gasteiger partial charge in [0.1, 0.15) is 0 Å². The number of hydrogen-bond donors (Lipinski definition) is 0. The van der Waals surface area contributed by atoms with Gasteiger partial charge in [-0.05, 0) is 108 Å². The van der Waals surface area contributed by atoms with Gasteiger partial charge in [-0.1, -0.05) is 113 Å². The summed E-state index contributed by atoms with van der Waals surface area (Å²) >= 11 is 0. The van der Waals surface area contributed by atoms with Gasteiger partial charge in [-0.15, -0.1) is 0 Å². The fraction of sp³-hybridized carbons (Fsp3) is 0.421. The molecule has 0 heterocycles. The molecular formula is C38H46. The lowest BCUT2D eigenvalue weighted by Crippen LogP contribution is -2.58. The molecule has 0 nitrogen and oxygen atoms in total. The van der Waals surface area contributed by atoms with Gasteiger partial charge in [0.15, 0.2) is 0 Å². The number of allylic oxidation sites excluding steroid dienone is 7. The fourth-order valence-corrected chi connectivity index (χ4v) is 9.19. The van der Waals surface area contributed by atoms with Crippen LogP contribution in [0, 0.1) is 36.0 Å². The Morgan fingerprint density at radius 2 is 1.50 bits per heavy atom. The number of fused-ring (bicyclic) bond motifs is 3. The van der Waals surface area contributed by atoms with Crippen molar-refractivity contribution in [2.24, 2.45) is 22.2 Å². The first-order valence-corrected chi connectivity index (χ1v) is 14.3. The van der Waals surface area contributed by atoms with E-state index in [1.165, 1.54) is 66.8 Å². The van der Waals surface area contributed by atoms with Crippen LogP contribution in [-0.4, -0.2) is 0 Å². The highest BCUT2D eigenvalue weighted by molar-refractivity contribution is 5.91. The topological polar surface area (TPSA) is 0 Å². The van der Waals surface area contributed by atoms with Gasteiger partial charge in [-0.25, -0.2) is 0 Å². The van der Waals surface area contributed by atoms with Crippen LogP contribution in [0.1, 0.15) is 90.0 Å². The summed E-state index contributed by atoms with van der Waals surface area (Å²) in [5.41, 5.74) is 17.2. The molecule has 0 spiro atoms. The maximum atomic E-state index is 4.88. The summed E-state index contributed by atoms with van der Waals surface area (Å²) in [6.07, 6.45) is 1.07. The Hall–Kier alpha value is -2.86. The highest BCUT2D eigenvalue weighted by Gasteiger charge is 2.65. The minimum absolute atomic E-state index is 0.0370. The van der Waals surface area contributed by atoms with Crippen molar-refractivity contribution in [1.29, 1.82) is 0 Å². The standard InChI is InChI=1S/C38H46/c1-21(2)32-24(5)20-36(11)29(10)37(12)26(7)34-31(30-17-14-22(3)15-18-30)19-16-23(4)33(34)25(6)35(37)28(9)38(36,13)27(32)8/h14-19,26,29H,1,6,8,20H2,2-5,7,9-13H3/t26-,29+,36+,37-,38-/m1/s1. The fourth-order valence-electron chi connectivity index (χ4n) is 9.19. The lowest BCUT2D eigenvalue weighted by molar-refractivity contribution is -0.0260. The second-order valence-corrected chi connectivity index (χ2v) is 13.4. The van der Waals surface area contributed by atoms with Crippen molar-refractivity contribution < 1.29 is 0 Å². The predicted octanol–water partition coefficient (Wildman–Crippen LogP) is 10.9. The normalized spacial score (nSPS) is 32.7. The molecule has 3 aliphatic carbocycles. The van der Waals surface area contributed by atoms with Gasteiger partial charge in [0.05, 0.1) is 0 Å². The van der Waals surface area contributed by atoms with Crippen molar-refractivity contribution >= 4 is 5.57 Å². The number of aryl methyl sites for hydroxylation is 2. The summed E-state index contributed by atoms with van der Waals surface area (Å²) in [7, 11) is 0. The lowest BCUT2D eigenvalue weighted by atomic mass is 9.36. The van der Waals surface area contributed by atoms with E-state index in [1.54, 1.807) is 0 Å². The van der Waals surface area contributed by atoms with Crippen LogP contribution in [0.5, 0.6) is 0 Å². The van der Waals surface area contributed by atoms with Crippen LogP contribution >= 0.6 is 0 Å². The highest BCUT2D eigenvalue weighted by atomic mass is 14.7. The Kier molecular flexibility index (Phi) is 5.85. The van der Waals surface area contributed by atoms with Crippen molar-refractivity contribution in [3.63, 3.8) is 0 Å². The molecule has 0 aliphatic heterocycles. The smallest absolute Gasteiger partial charge is 0.0196 e. The molecule has 0 saturated carbocycles. The summed E-state index contributed by atoms with van der Waals surface area (Å²) in [4.78, 5) is 0. The summed E-state index contributed by atoms with van der Waals surface area (Å²) in [6, 6.07) is 13.7. The van der Waals surface area contributed by atoms with Crippen LogP contribution in [0.15, 0.2) is 89.6 Å². The predicted molar refractivity (Wildman–Crippen MR) is 166 cm³/mol. The molecule has 0 unspecified atom stereocenters. The molecule has 0 saturated heterocycles. The molecule has 0 fully saturated rings. The number of benzene rings is 2. The lowest BCUT2D eigenvalue weighted by Gasteiger charge is -2.67. The largest absolute Gasteiger partial charge is 0.0955 e. The second kappa shape index (κ2) is 8.32. The average molecular weight is 503 g/mol. The minimum Gasteiger partial charge on any atom is -0.0955 e. The van der Waals surface area contributed by atoms with Crippen LogP contribution in [-0.2, 0) is 0 Å². The van der Waals surface area contributed by atoms with Crippen molar-refractivity contribution in [3.8, 4) is 11.1 Å². The summed E-state index contributed by atoms with van der Waals surface area (Å²) in [5, 5.41) is 0. The van der Waals surface area contributed by atoms with Crippen LogP contribution in [0.2, 0.25) is 0 Å². The Morgan fingerprint density at radius 1 is 0.895 bits per heavy atom. The maximum Gasteiger partial charge on any atom is 0.0196 e. The van der Waals surface area contributed by atoms with Gasteiger partial charge in [0.25, 0.3) is 0 Å². The first kappa shape index (κ1) is 26.7. The molecule has 2 aromatic rings. The van der Waals surface area contributed by atoms with E-state index >= 15 is 0 Å². The minimum atomic E-state index is -0.155. The molecule has 0 amide bonds. The van der Waals surface area contributed by atoms with Gasteiger partial charge in [-0.3, -0.25) is 0 Å². The van der Waals surface area contributed by atoms with E-state index in [9.17, 15) is 0 Å². The van der Waals surface area contributed by atoms with Crippen LogP contribution in [0.3, 0.4) is 0 Å². The van der Waals surface area contributed by atoms with E-state index in [-0.39, 0.29) is 16.2 Å². The van der Waals surface area contributed by atoms with E-state index in [0.29, 0.717) is 11.8 Å². The zero-order chi connectivity index (χ0) is 28.1. The number of rotatable bonds is 2. The van der Waals surface area contributed by atoms with E-state index in [4.69, 9.17) is 13.2 Å². The Bertz CT molecular complexity index is 1490. The van der Waals surface area contributed by atoms with Crippen LogP contribution in [0.25, 0.3) is 16.7 Å². The van der Waals surface area contributed by atoms with E-state index in [0.717, 1.165) is 12.0 Å². The second-order valence-electron chi connectivity index (χ2n) is 13.4. The molecule has 0 N–H and O–H groups in total. The molecule has 0 heteroatoms. The highest BCUT2D eigenvalue weighted by Crippen LogP contribution is 2.74. The van der Waals surface area contributed by atoms with Gasteiger partial charge >= 0.3 is 0 Å². The number of hydrogen-bond acceptors (Lipinski definition) is 0. The third-order valence-electron chi connectivity index (χ3n) is 11.8. The first-order chi connectivity index (χ1) is 17.6. The molecule has 38 heavy (non-hydrogen) atoms. The van der Waals surface area contributed by atoms with Crippen molar-refractivity contribution in [2.75, 3.05) is 0 Å². The SMILES string of the molecule is C=C(C)C1=C(C)C[C@@]2(C)[C@H](C)[C@]3(C)C(=C(C)[C@@]2(C)C1=C)C(=C)c1c(C)ccc(-c2ccc(C)cc2)c1[C@H]3C.